The van der Waals surface area contributed by atoms with Gasteiger partial charge in [0.25, 0.3) is 0 Å². The molecule has 0 spiro atoms. The molecule has 4 rings (SSSR count). The number of H-pyrrole nitrogens is 1. The van der Waals surface area contributed by atoms with Crippen LogP contribution in [0.1, 0.15) is 13.3 Å². The summed E-state index contributed by atoms with van der Waals surface area (Å²) in [6.07, 6.45) is 2.96. The number of thiazole rings is 1. The van der Waals surface area contributed by atoms with Crippen LogP contribution in [0.3, 0.4) is 0 Å². The van der Waals surface area contributed by atoms with Crippen LogP contribution in [0.25, 0.3) is 21.6 Å². The number of nitrogens with one attached hydrogen (secondary N) is 1. The highest BCUT2D eigenvalue weighted by Crippen LogP contribution is 2.37. The molecule has 0 atom stereocenters. The SMILES string of the molecule is CCCN(Sc1cccs1)c1cccc2cc(-c3nccs3)[nH]c12. The molecule has 0 amide bonds. The van der Waals surface area contributed by atoms with E-state index in [9.17, 15) is 0 Å². The molecule has 0 unspecified atom stereocenters. The van der Waals surface area contributed by atoms with Crippen molar-refractivity contribution in [2.24, 2.45) is 0 Å². The van der Waals surface area contributed by atoms with Gasteiger partial charge < -0.3 is 9.29 Å². The summed E-state index contributed by atoms with van der Waals surface area (Å²) in [5.74, 6) is 0. The topological polar surface area (TPSA) is 31.9 Å². The highest BCUT2D eigenvalue weighted by atomic mass is 32.2. The van der Waals surface area contributed by atoms with Crippen LogP contribution in [-0.4, -0.2) is 16.5 Å². The van der Waals surface area contributed by atoms with Crippen LogP contribution >= 0.6 is 34.6 Å². The molecule has 24 heavy (non-hydrogen) atoms. The van der Waals surface area contributed by atoms with E-state index in [4.69, 9.17) is 0 Å². The number of hydrogen-bond donors (Lipinski definition) is 1. The molecule has 3 aromatic heterocycles. The number of thiophene rings is 1. The summed E-state index contributed by atoms with van der Waals surface area (Å²) in [7, 11) is 0. The van der Waals surface area contributed by atoms with Gasteiger partial charge in [-0.15, -0.1) is 22.7 Å². The van der Waals surface area contributed by atoms with Crippen LogP contribution in [0.4, 0.5) is 5.69 Å². The predicted octanol–water partition coefficient (Wildman–Crippen LogP) is 6.28. The normalized spacial score (nSPS) is 11.2. The molecule has 0 aliphatic rings. The fourth-order valence-electron chi connectivity index (χ4n) is 2.66. The van der Waals surface area contributed by atoms with Gasteiger partial charge in [0.15, 0.2) is 0 Å². The van der Waals surface area contributed by atoms with Crippen molar-refractivity contribution in [3.05, 3.63) is 53.4 Å². The molecule has 3 nitrogen and oxygen atoms in total. The molecule has 1 aromatic carbocycles. The van der Waals surface area contributed by atoms with Crippen molar-refractivity contribution in [2.75, 3.05) is 10.8 Å². The number of rotatable bonds is 6. The van der Waals surface area contributed by atoms with E-state index in [1.54, 1.807) is 22.7 Å². The molecule has 0 fully saturated rings. The fourth-order valence-corrected chi connectivity index (χ4v) is 5.21. The van der Waals surface area contributed by atoms with Crippen LogP contribution in [0, 0.1) is 0 Å². The minimum atomic E-state index is 1.01. The van der Waals surface area contributed by atoms with Gasteiger partial charge in [-0.25, -0.2) is 4.98 Å². The summed E-state index contributed by atoms with van der Waals surface area (Å²) in [6.45, 7) is 3.23. The maximum absolute atomic E-state index is 4.42. The largest absolute Gasteiger partial charge is 0.351 e. The first-order valence-corrected chi connectivity index (χ1v) is 10.4. The third kappa shape index (κ3) is 3.09. The third-order valence-corrected chi connectivity index (χ3v) is 6.58. The predicted molar refractivity (Wildman–Crippen MR) is 107 cm³/mol. The zero-order valence-corrected chi connectivity index (χ0v) is 15.7. The summed E-state index contributed by atoms with van der Waals surface area (Å²) < 4.78 is 3.70. The lowest BCUT2D eigenvalue weighted by Gasteiger charge is -2.22. The van der Waals surface area contributed by atoms with Crippen molar-refractivity contribution in [1.29, 1.82) is 0 Å². The van der Waals surface area contributed by atoms with E-state index in [1.165, 1.54) is 20.8 Å². The molecule has 0 aliphatic carbocycles. The first-order valence-electron chi connectivity index (χ1n) is 7.86. The molecule has 0 saturated carbocycles. The van der Waals surface area contributed by atoms with Crippen LogP contribution in [-0.2, 0) is 0 Å². The van der Waals surface area contributed by atoms with Gasteiger partial charge in [0.2, 0.25) is 0 Å². The van der Waals surface area contributed by atoms with E-state index in [-0.39, 0.29) is 0 Å². The summed E-state index contributed by atoms with van der Waals surface area (Å²) in [6, 6.07) is 13.0. The van der Waals surface area contributed by atoms with Crippen LogP contribution in [0.2, 0.25) is 0 Å². The van der Waals surface area contributed by atoms with Gasteiger partial charge >= 0.3 is 0 Å². The lowest BCUT2D eigenvalue weighted by Crippen LogP contribution is -2.15. The highest BCUT2D eigenvalue weighted by molar-refractivity contribution is 8.02. The second-order valence-corrected chi connectivity index (χ2v) is 8.55. The number of benzene rings is 1. The van der Waals surface area contributed by atoms with E-state index < -0.39 is 0 Å². The van der Waals surface area contributed by atoms with Crippen molar-refractivity contribution in [3.63, 3.8) is 0 Å². The Kier molecular flexibility index (Phi) is 4.60. The fraction of sp³-hybridized carbons (Fsp3) is 0.167. The minimum Gasteiger partial charge on any atom is -0.351 e. The lowest BCUT2D eigenvalue weighted by molar-refractivity contribution is 0.932. The molecule has 6 heteroatoms. The van der Waals surface area contributed by atoms with Crippen molar-refractivity contribution >= 4 is 51.2 Å². The number of fused-ring (bicyclic) bond motifs is 1. The smallest absolute Gasteiger partial charge is 0.139 e. The van der Waals surface area contributed by atoms with E-state index in [2.05, 4.69) is 63.0 Å². The first kappa shape index (κ1) is 15.7. The molecule has 0 bridgehead atoms. The Balaban J connectivity index is 1.76. The Morgan fingerprint density at radius 2 is 2.12 bits per heavy atom. The second kappa shape index (κ2) is 7.01. The summed E-state index contributed by atoms with van der Waals surface area (Å²) in [5, 5.41) is 6.40. The average Bonchev–Trinajstić information content (AvgIpc) is 3.33. The van der Waals surface area contributed by atoms with Gasteiger partial charge in [0.1, 0.15) is 5.01 Å². The molecule has 1 N–H and O–H groups in total. The standard InChI is InChI=1S/C18H17N3S3/c1-2-9-21(24-16-7-4-10-22-16)15-6-3-5-13-12-14(20-17(13)15)18-19-8-11-23-18/h3-8,10-12,20H,2,9H2,1H3. The zero-order valence-electron chi connectivity index (χ0n) is 13.2. The van der Waals surface area contributed by atoms with Gasteiger partial charge in [-0.05, 0) is 41.9 Å². The van der Waals surface area contributed by atoms with E-state index >= 15 is 0 Å². The Bertz CT molecular complexity index is 910. The van der Waals surface area contributed by atoms with E-state index in [0.717, 1.165) is 23.7 Å². The van der Waals surface area contributed by atoms with E-state index in [0.29, 0.717) is 0 Å². The quantitative estimate of drug-likeness (QED) is 0.405. The number of hydrogen-bond acceptors (Lipinski definition) is 5. The van der Waals surface area contributed by atoms with Crippen LogP contribution < -0.4 is 4.31 Å². The van der Waals surface area contributed by atoms with Gasteiger partial charge in [0, 0.05) is 23.5 Å². The second-order valence-electron chi connectivity index (χ2n) is 5.39. The summed E-state index contributed by atoms with van der Waals surface area (Å²) in [4.78, 5) is 8.00. The van der Waals surface area contributed by atoms with Crippen molar-refractivity contribution in [3.8, 4) is 10.7 Å². The number of nitrogens with zero attached hydrogens (tertiary/aromatic N) is 2. The molecular formula is C18H17N3S3. The van der Waals surface area contributed by atoms with Crippen molar-refractivity contribution in [1.82, 2.24) is 9.97 Å². The average molecular weight is 372 g/mol. The Labute approximate surface area is 153 Å². The number of aromatic amines is 1. The Morgan fingerprint density at radius 3 is 2.88 bits per heavy atom. The number of anilines is 1. The number of aromatic nitrogens is 2. The summed E-state index contributed by atoms with van der Waals surface area (Å²) in [5.41, 5.74) is 3.50. The summed E-state index contributed by atoms with van der Waals surface area (Å²) >= 11 is 5.26. The third-order valence-electron chi connectivity index (χ3n) is 3.69. The molecule has 0 saturated heterocycles. The molecule has 4 aromatic rings. The molecule has 0 radical (unpaired) electrons. The maximum atomic E-state index is 4.42. The zero-order chi connectivity index (χ0) is 16.4. The highest BCUT2D eigenvalue weighted by Gasteiger charge is 2.15. The van der Waals surface area contributed by atoms with Crippen molar-refractivity contribution < 1.29 is 0 Å². The first-order chi connectivity index (χ1) is 11.8. The minimum absolute atomic E-state index is 1.01. The van der Waals surface area contributed by atoms with Gasteiger partial charge in [-0.3, -0.25) is 0 Å². The molecule has 3 heterocycles. The van der Waals surface area contributed by atoms with E-state index in [1.807, 2.05) is 23.5 Å². The molecule has 0 aliphatic heterocycles. The van der Waals surface area contributed by atoms with Crippen molar-refractivity contribution in [2.45, 2.75) is 17.6 Å². The van der Waals surface area contributed by atoms with Gasteiger partial charge in [0.05, 0.1) is 21.1 Å². The number of para-hydroxylation sites is 1. The maximum Gasteiger partial charge on any atom is 0.139 e. The Morgan fingerprint density at radius 1 is 1.17 bits per heavy atom. The van der Waals surface area contributed by atoms with Crippen LogP contribution in [0.15, 0.2) is 57.6 Å². The monoisotopic (exact) mass is 371 g/mol. The van der Waals surface area contributed by atoms with Gasteiger partial charge in [-0.2, -0.15) is 0 Å². The lowest BCUT2D eigenvalue weighted by atomic mass is 10.2. The Hall–Kier alpha value is -1.76. The van der Waals surface area contributed by atoms with Crippen LogP contribution in [0.5, 0.6) is 0 Å². The van der Waals surface area contributed by atoms with Gasteiger partial charge in [-0.1, -0.05) is 25.1 Å². The molecular weight excluding hydrogens is 354 g/mol. The molecule has 122 valence electrons.